The van der Waals surface area contributed by atoms with Crippen LogP contribution in [0, 0.1) is 6.92 Å². The van der Waals surface area contributed by atoms with E-state index in [1.54, 1.807) is 0 Å². The van der Waals surface area contributed by atoms with Crippen LogP contribution < -0.4 is 11.1 Å². The lowest BCUT2D eigenvalue weighted by atomic mass is 10.2. The predicted octanol–water partition coefficient (Wildman–Crippen LogP) is 2.92. The van der Waals surface area contributed by atoms with Crippen LogP contribution in [0.3, 0.4) is 0 Å². The Kier molecular flexibility index (Phi) is 4.78. The maximum Gasteiger partial charge on any atom is 0.234 e. The third kappa shape index (κ3) is 4.19. The van der Waals surface area contributed by atoms with Crippen molar-refractivity contribution in [3.8, 4) is 0 Å². The Morgan fingerprint density at radius 2 is 2.32 bits per heavy atom. The quantitative estimate of drug-likeness (QED) is 0.821. The number of nitrogens with one attached hydrogen (secondary N) is 1. The van der Waals surface area contributed by atoms with Crippen molar-refractivity contribution in [1.29, 1.82) is 0 Å². The Labute approximate surface area is 127 Å². The summed E-state index contributed by atoms with van der Waals surface area (Å²) in [7, 11) is 0. The zero-order valence-corrected chi connectivity index (χ0v) is 13.2. The van der Waals surface area contributed by atoms with Crippen molar-refractivity contribution in [3.05, 3.63) is 28.2 Å². The third-order valence-electron chi connectivity index (χ3n) is 2.19. The number of thioether (sulfide) groups is 1. The van der Waals surface area contributed by atoms with Crippen LogP contribution in [0.4, 0.5) is 10.8 Å². The van der Waals surface area contributed by atoms with Crippen LogP contribution in [0.25, 0.3) is 0 Å². The van der Waals surface area contributed by atoms with Crippen molar-refractivity contribution in [2.75, 3.05) is 16.8 Å². The second-order valence-electron chi connectivity index (χ2n) is 3.71. The first-order valence-corrected chi connectivity index (χ1v) is 7.92. The number of hydrogen-bond acceptors (Lipinski definition) is 6. The number of nitrogen functional groups attached to an aromatic ring is 1. The van der Waals surface area contributed by atoms with Gasteiger partial charge in [0.2, 0.25) is 11.0 Å². The zero-order chi connectivity index (χ0) is 13.8. The SMILES string of the molecule is Cc1cc(NC(=O)CSc2nnc(N)s2)ccc1Br. The molecule has 0 aliphatic carbocycles. The topological polar surface area (TPSA) is 80.9 Å². The van der Waals surface area contributed by atoms with Gasteiger partial charge in [0.05, 0.1) is 5.75 Å². The molecule has 0 saturated heterocycles. The van der Waals surface area contributed by atoms with E-state index in [4.69, 9.17) is 5.73 Å². The minimum absolute atomic E-state index is 0.0829. The van der Waals surface area contributed by atoms with Crippen molar-refractivity contribution < 1.29 is 4.79 Å². The molecule has 1 aromatic heterocycles. The molecule has 0 unspecified atom stereocenters. The average Bonchev–Trinajstić information content (AvgIpc) is 2.77. The molecule has 0 atom stereocenters. The molecule has 100 valence electrons. The maximum absolute atomic E-state index is 11.8. The molecule has 2 aromatic rings. The number of nitrogens with two attached hydrogens (primary N) is 1. The number of amides is 1. The highest BCUT2D eigenvalue weighted by atomic mass is 79.9. The van der Waals surface area contributed by atoms with Crippen LogP contribution >= 0.6 is 39.0 Å². The summed E-state index contributed by atoms with van der Waals surface area (Å²) >= 11 is 6.01. The number of anilines is 2. The fourth-order valence-electron chi connectivity index (χ4n) is 1.33. The zero-order valence-electron chi connectivity index (χ0n) is 10.0. The van der Waals surface area contributed by atoms with Gasteiger partial charge in [0.25, 0.3) is 0 Å². The van der Waals surface area contributed by atoms with Crippen molar-refractivity contribution in [3.63, 3.8) is 0 Å². The summed E-state index contributed by atoms with van der Waals surface area (Å²) in [5.41, 5.74) is 7.32. The van der Waals surface area contributed by atoms with Gasteiger partial charge in [0.1, 0.15) is 0 Å². The van der Waals surface area contributed by atoms with Gasteiger partial charge in [-0.25, -0.2) is 0 Å². The highest BCUT2D eigenvalue weighted by Crippen LogP contribution is 2.24. The fourth-order valence-corrected chi connectivity index (χ4v) is 3.01. The molecule has 0 bridgehead atoms. The summed E-state index contributed by atoms with van der Waals surface area (Å²) in [5, 5.41) is 10.8. The lowest BCUT2D eigenvalue weighted by Gasteiger charge is -2.06. The van der Waals surface area contributed by atoms with Gasteiger partial charge < -0.3 is 11.1 Å². The van der Waals surface area contributed by atoms with E-state index in [0.717, 1.165) is 15.7 Å². The van der Waals surface area contributed by atoms with Crippen LogP contribution in [-0.4, -0.2) is 21.9 Å². The van der Waals surface area contributed by atoms with Gasteiger partial charge in [0.15, 0.2) is 4.34 Å². The first-order valence-electron chi connectivity index (χ1n) is 5.32. The first-order chi connectivity index (χ1) is 9.04. The Hall–Kier alpha value is -1.12. The van der Waals surface area contributed by atoms with Gasteiger partial charge in [-0.2, -0.15) is 0 Å². The van der Waals surface area contributed by atoms with Crippen LogP contribution in [0.15, 0.2) is 27.0 Å². The highest BCUT2D eigenvalue weighted by Gasteiger charge is 2.07. The van der Waals surface area contributed by atoms with Crippen molar-refractivity contribution >= 4 is 55.8 Å². The molecule has 1 amide bonds. The largest absolute Gasteiger partial charge is 0.374 e. The molecule has 0 saturated carbocycles. The van der Waals surface area contributed by atoms with Gasteiger partial charge >= 0.3 is 0 Å². The maximum atomic E-state index is 11.8. The number of halogens is 1. The number of aromatic nitrogens is 2. The smallest absolute Gasteiger partial charge is 0.234 e. The van der Waals surface area contributed by atoms with Crippen molar-refractivity contribution in [2.45, 2.75) is 11.3 Å². The third-order valence-corrected chi connectivity index (χ3v) is 4.97. The van der Waals surface area contributed by atoms with Crippen LogP contribution in [-0.2, 0) is 4.79 Å². The van der Waals surface area contributed by atoms with Gasteiger partial charge in [-0.3, -0.25) is 4.79 Å². The standard InChI is InChI=1S/C11H11BrN4OS2/c1-6-4-7(2-3-8(6)12)14-9(17)5-18-11-16-15-10(13)19-11/h2-4H,5H2,1H3,(H2,13,15)(H,14,17). The van der Waals surface area contributed by atoms with E-state index >= 15 is 0 Å². The summed E-state index contributed by atoms with van der Waals surface area (Å²) in [5.74, 6) is 0.199. The van der Waals surface area contributed by atoms with E-state index in [-0.39, 0.29) is 11.7 Å². The number of aryl methyl sites for hydroxylation is 1. The molecule has 0 spiro atoms. The molecular weight excluding hydrogens is 348 g/mol. The van der Waals surface area contributed by atoms with E-state index in [9.17, 15) is 4.79 Å². The van der Waals surface area contributed by atoms with E-state index < -0.39 is 0 Å². The van der Waals surface area contributed by atoms with Crippen molar-refractivity contribution in [2.24, 2.45) is 0 Å². The number of carbonyl (C=O) groups excluding carboxylic acids is 1. The lowest BCUT2D eigenvalue weighted by molar-refractivity contribution is -0.113. The number of rotatable bonds is 4. The molecular formula is C11H11BrN4OS2. The minimum Gasteiger partial charge on any atom is -0.374 e. The number of nitrogens with zero attached hydrogens (tertiary/aromatic N) is 2. The molecule has 19 heavy (non-hydrogen) atoms. The number of benzene rings is 1. The Bertz CT molecular complexity index is 602. The lowest BCUT2D eigenvalue weighted by Crippen LogP contribution is -2.14. The average molecular weight is 359 g/mol. The molecule has 0 aliphatic heterocycles. The van der Waals surface area contributed by atoms with Crippen molar-refractivity contribution in [1.82, 2.24) is 10.2 Å². The first kappa shape index (κ1) is 14.3. The van der Waals surface area contributed by atoms with E-state index in [1.165, 1.54) is 23.1 Å². The number of carbonyl (C=O) groups is 1. The van der Waals surface area contributed by atoms with Gasteiger partial charge in [-0.15, -0.1) is 10.2 Å². The molecule has 1 aromatic carbocycles. The summed E-state index contributed by atoms with van der Waals surface area (Å²) in [6.07, 6.45) is 0. The van der Waals surface area contributed by atoms with E-state index in [1.807, 2.05) is 25.1 Å². The molecule has 0 aliphatic rings. The summed E-state index contributed by atoms with van der Waals surface area (Å²) < 4.78 is 1.71. The van der Waals surface area contributed by atoms with Gasteiger partial charge in [0, 0.05) is 10.2 Å². The molecule has 5 nitrogen and oxygen atoms in total. The summed E-state index contributed by atoms with van der Waals surface area (Å²) in [4.78, 5) is 11.8. The molecule has 8 heteroatoms. The predicted molar refractivity (Wildman–Crippen MR) is 82.6 cm³/mol. The monoisotopic (exact) mass is 358 g/mol. The molecule has 0 radical (unpaired) electrons. The highest BCUT2D eigenvalue weighted by molar-refractivity contribution is 9.10. The summed E-state index contributed by atoms with van der Waals surface area (Å²) in [6, 6.07) is 5.67. The second kappa shape index (κ2) is 6.36. The minimum atomic E-state index is -0.0829. The van der Waals surface area contributed by atoms with Crippen LogP contribution in [0.1, 0.15) is 5.56 Å². The molecule has 0 fully saturated rings. The fraction of sp³-hybridized carbons (Fsp3) is 0.182. The van der Waals surface area contributed by atoms with Crippen LogP contribution in [0.5, 0.6) is 0 Å². The molecule has 3 N–H and O–H groups in total. The van der Waals surface area contributed by atoms with E-state index in [2.05, 4.69) is 31.4 Å². The van der Waals surface area contributed by atoms with E-state index in [0.29, 0.717) is 9.47 Å². The Morgan fingerprint density at radius 1 is 1.53 bits per heavy atom. The number of hydrogen-bond donors (Lipinski definition) is 2. The Balaban J connectivity index is 1.88. The normalized spacial score (nSPS) is 10.4. The van der Waals surface area contributed by atoms with Gasteiger partial charge in [-0.1, -0.05) is 39.0 Å². The second-order valence-corrected chi connectivity index (χ2v) is 6.79. The Morgan fingerprint density at radius 3 is 2.95 bits per heavy atom. The summed E-state index contributed by atoms with van der Waals surface area (Å²) in [6.45, 7) is 1.97. The van der Waals surface area contributed by atoms with Gasteiger partial charge in [-0.05, 0) is 30.7 Å². The molecule has 1 heterocycles. The molecule has 2 rings (SSSR count). The van der Waals surface area contributed by atoms with Crippen LogP contribution in [0.2, 0.25) is 0 Å².